The molecule has 94 valence electrons. The van der Waals surface area contributed by atoms with Crippen molar-refractivity contribution in [3.63, 3.8) is 0 Å². The van der Waals surface area contributed by atoms with Crippen molar-refractivity contribution in [3.05, 3.63) is 29.3 Å². The summed E-state index contributed by atoms with van der Waals surface area (Å²) in [4.78, 5) is 11.7. The van der Waals surface area contributed by atoms with Crippen LogP contribution in [0.25, 0.3) is 0 Å². The van der Waals surface area contributed by atoms with Crippen molar-refractivity contribution in [1.29, 1.82) is 0 Å². The van der Waals surface area contributed by atoms with Crippen LogP contribution in [0.5, 0.6) is 0 Å². The maximum Gasteiger partial charge on any atom is 0.251 e. The fraction of sp³-hybridized carbons (Fsp3) is 0.364. The predicted octanol–water partition coefficient (Wildman–Crippen LogP) is 0.352. The van der Waals surface area contributed by atoms with E-state index in [0.717, 1.165) is 11.8 Å². The first-order valence-corrected chi connectivity index (χ1v) is 7.18. The molecular formula is C11H16N2O3S. The number of nitrogens with two attached hydrogens (primary N) is 1. The van der Waals surface area contributed by atoms with E-state index < -0.39 is 9.84 Å². The molecule has 0 saturated heterocycles. The van der Waals surface area contributed by atoms with Gasteiger partial charge in [0.05, 0.1) is 5.75 Å². The summed E-state index contributed by atoms with van der Waals surface area (Å²) in [5.74, 6) is -0.349. The van der Waals surface area contributed by atoms with Gasteiger partial charge >= 0.3 is 0 Å². The van der Waals surface area contributed by atoms with E-state index >= 15 is 0 Å². The number of benzene rings is 1. The number of rotatable bonds is 4. The normalized spacial score (nSPS) is 11.2. The first kappa shape index (κ1) is 13.5. The molecule has 0 unspecified atom stereocenters. The van der Waals surface area contributed by atoms with Crippen LogP contribution in [0.2, 0.25) is 0 Å². The summed E-state index contributed by atoms with van der Waals surface area (Å²) in [6.45, 7) is 1.89. The molecule has 0 aliphatic heterocycles. The molecule has 0 radical (unpaired) electrons. The van der Waals surface area contributed by atoms with E-state index in [2.05, 4.69) is 5.32 Å². The molecule has 0 aliphatic rings. The average molecular weight is 256 g/mol. The van der Waals surface area contributed by atoms with Gasteiger partial charge in [-0.1, -0.05) is 0 Å². The third-order valence-corrected chi connectivity index (χ3v) is 3.20. The Morgan fingerprint density at radius 1 is 1.41 bits per heavy atom. The van der Waals surface area contributed by atoms with Gasteiger partial charge in [0.2, 0.25) is 0 Å². The fourth-order valence-corrected chi connectivity index (χ4v) is 1.86. The summed E-state index contributed by atoms with van der Waals surface area (Å²) in [6.07, 6.45) is 1.13. The van der Waals surface area contributed by atoms with Crippen molar-refractivity contribution in [2.75, 3.05) is 24.3 Å². The summed E-state index contributed by atoms with van der Waals surface area (Å²) in [7, 11) is -3.05. The van der Waals surface area contributed by atoms with E-state index in [4.69, 9.17) is 5.73 Å². The zero-order chi connectivity index (χ0) is 13.1. The quantitative estimate of drug-likeness (QED) is 0.761. The number of aryl methyl sites for hydroxylation is 1. The molecule has 0 bridgehead atoms. The Morgan fingerprint density at radius 3 is 2.59 bits per heavy atom. The van der Waals surface area contributed by atoms with Gasteiger partial charge in [-0.3, -0.25) is 4.79 Å². The molecule has 0 aromatic heterocycles. The molecule has 0 aliphatic carbocycles. The average Bonchev–Trinajstić information content (AvgIpc) is 2.15. The predicted molar refractivity (Wildman–Crippen MR) is 67.6 cm³/mol. The minimum absolute atomic E-state index is 0.0627. The lowest BCUT2D eigenvalue weighted by molar-refractivity contribution is 0.0955. The van der Waals surface area contributed by atoms with Crippen LogP contribution in [-0.4, -0.2) is 32.9 Å². The molecule has 0 heterocycles. The van der Waals surface area contributed by atoms with Crippen molar-refractivity contribution in [3.8, 4) is 0 Å². The van der Waals surface area contributed by atoms with Crippen LogP contribution in [0.4, 0.5) is 5.69 Å². The lowest BCUT2D eigenvalue weighted by atomic mass is 10.1. The summed E-state index contributed by atoms with van der Waals surface area (Å²) in [5.41, 5.74) is 7.44. The zero-order valence-electron chi connectivity index (χ0n) is 9.86. The molecule has 1 rings (SSSR count). The number of sulfone groups is 1. The summed E-state index contributed by atoms with van der Waals surface area (Å²) in [6, 6.07) is 4.96. The second-order valence-corrected chi connectivity index (χ2v) is 6.22. The Balaban J connectivity index is 2.65. The Hall–Kier alpha value is -1.56. The standard InChI is InChI=1S/C11H16N2O3S/c1-8-7-9(12)3-4-10(8)11(14)13-5-6-17(2,15)16/h3-4,7H,5-6,12H2,1-2H3,(H,13,14). The third kappa shape index (κ3) is 4.44. The topological polar surface area (TPSA) is 89.3 Å². The van der Waals surface area contributed by atoms with Gasteiger partial charge in [0.25, 0.3) is 5.91 Å². The highest BCUT2D eigenvalue weighted by molar-refractivity contribution is 7.90. The molecule has 5 nitrogen and oxygen atoms in total. The number of carbonyl (C=O) groups excluding carboxylic acids is 1. The molecule has 0 fully saturated rings. The highest BCUT2D eigenvalue weighted by atomic mass is 32.2. The van der Waals surface area contributed by atoms with Crippen LogP contribution < -0.4 is 11.1 Å². The molecule has 1 aromatic carbocycles. The van der Waals surface area contributed by atoms with Gasteiger partial charge in [0.1, 0.15) is 9.84 Å². The third-order valence-electron chi connectivity index (χ3n) is 2.25. The highest BCUT2D eigenvalue weighted by Crippen LogP contribution is 2.12. The van der Waals surface area contributed by atoms with Crippen molar-refractivity contribution < 1.29 is 13.2 Å². The van der Waals surface area contributed by atoms with E-state index in [-0.39, 0.29) is 18.2 Å². The Kier molecular flexibility index (Phi) is 4.11. The number of amides is 1. The van der Waals surface area contributed by atoms with Gasteiger partial charge < -0.3 is 11.1 Å². The minimum atomic E-state index is -3.05. The Labute approximate surface area is 101 Å². The first-order valence-electron chi connectivity index (χ1n) is 5.11. The maximum absolute atomic E-state index is 11.7. The largest absolute Gasteiger partial charge is 0.399 e. The Bertz CT molecular complexity index is 524. The molecule has 0 spiro atoms. The molecular weight excluding hydrogens is 240 g/mol. The van der Waals surface area contributed by atoms with E-state index in [0.29, 0.717) is 11.3 Å². The summed E-state index contributed by atoms with van der Waals surface area (Å²) >= 11 is 0. The van der Waals surface area contributed by atoms with E-state index in [1.807, 2.05) is 0 Å². The molecule has 3 N–H and O–H groups in total. The number of carbonyl (C=O) groups is 1. The number of nitrogen functional groups attached to an aromatic ring is 1. The fourth-order valence-electron chi connectivity index (χ4n) is 1.39. The molecule has 6 heteroatoms. The monoisotopic (exact) mass is 256 g/mol. The number of nitrogens with one attached hydrogen (secondary N) is 1. The van der Waals surface area contributed by atoms with Crippen molar-refractivity contribution in [1.82, 2.24) is 5.32 Å². The molecule has 1 aromatic rings. The summed E-state index contributed by atoms with van der Waals surface area (Å²) in [5, 5.41) is 2.56. The number of anilines is 1. The molecule has 0 saturated carbocycles. The van der Waals surface area contributed by atoms with Gasteiger partial charge in [-0.05, 0) is 30.7 Å². The number of hydrogen-bond acceptors (Lipinski definition) is 4. The number of hydrogen-bond donors (Lipinski definition) is 2. The van der Waals surface area contributed by atoms with Crippen LogP contribution in [0.3, 0.4) is 0 Å². The Morgan fingerprint density at radius 2 is 2.06 bits per heavy atom. The van der Waals surface area contributed by atoms with E-state index in [1.54, 1.807) is 25.1 Å². The first-order chi connectivity index (χ1) is 7.79. The second-order valence-electron chi connectivity index (χ2n) is 3.96. The molecule has 17 heavy (non-hydrogen) atoms. The van der Waals surface area contributed by atoms with Gasteiger partial charge in [0, 0.05) is 24.1 Å². The van der Waals surface area contributed by atoms with Crippen LogP contribution in [-0.2, 0) is 9.84 Å². The smallest absolute Gasteiger partial charge is 0.251 e. The van der Waals surface area contributed by atoms with Crippen molar-refractivity contribution in [2.24, 2.45) is 0 Å². The zero-order valence-corrected chi connectivity index (χ0v) is 10.7. The molecule has 1 amide bonds. The van der Waals surface area contributed by atoms with Gasteiger partial charge in [-0.2, -0.15) is 0 Å². The van der Waals surface area contributed by atoms with Gasteiger partial charge in [0.15, 0.2) is 0 Å². The lowest BCUT2D eigenvalue weighted by Crippen LogP contribution is -2.29. The lowest BCUT2D eigenvalue weighted by Gasteiger charge is -2.07. The maximum atomic E-state index is 11.7. The SMILES string of the molecule is Cc1cc(N)ccc1C(=O)NCCS(C)(=O)=O. The van der Waals surface area contributed by atoms with Crippen molar-refractivity contribution in [2.45, 2.75) is 6.92 Å². The van der Waals surface area contributed by atoms with Crippen LogP contribution in [0.1, 0.15) is 15.9 Å². The summed E-state index contributed by atoms with van der Waals surface area (Å²) < 4.78 is 21.8. The van der Waals surface area contributed by atoms with Gasteiger partial charge in [-0.25, -0.2) is 8.42 Å². The second kappa shape index (κ2) is 5.18. The van der Waals surface area contributed by atoms with E-state index in [1.165, 1.54) is 0 Å². The van der Waals surface area contributed by atoms with Crippen LogP contribution in [0.15, 0.2) is 18.2 Å². The minimum Gasteiger partial charge on any atom is -0.399 e. The van der Waals surface area contributed by atoms with Gasteiger partial charge in [-0.15, -0.1) is 0 Å². The van der Waals surface area contributed by atoms with E-state index in [9.17, 15) is 13.2 Å². The van der Waals surface area contributed by atoms with Crippen molar-refractivity contribution >= 4 is 21.4 Å². The van der Waals surface area contributed by atoms with Crippen LogP contribution >= 0.6 is 0 Å². The highest BCUT2D eigenvalue weighted by Gasteiger charge is 2.09. The van der Waals surface area contributed by atoms with Crippen LogP contribution in [0, 0.1) is 6.92 Å². The molecule has 0 atom stereocenters.